The Morgan fingerprint density at radius 3 is 2.65 bits per heavy atom. The van der Waals surface area contributed by atoms with Gasteiger partial charge in [0.15, 0.2) is 0 Å². The lowest BCUT2D eigenvalue weighted by molar-refractivity contribution is -0.138. The summed E-state index contributed by atoms with van der Waals surface area (Å²) in [5.74, 6) is 0. The van der Waals surface area contributed by atoms with Crippen LogP contribution in [0.1, 0.15) is 36.9 Å². The highest BCUT2D eigenvalue weighted by Gasteiger charge is 2.36. The monoisotopic (exact) mass is 288 g/mol. The van der Waals surface area contributed by atoms with Gasteiger partial charge in [0.25, 0.3) is 0 Å². The number of alkyl halides is 3. The zero-order valence-electron chi connectivity index (χ0n) is 11.2. The van der Waals surface area contributed by atoms with Crippen molar-refractivity contribution in [1.29, 1.82) is 0 Å². The second kappa shape index (κ2) is 6.54. The number of hydrogen-bond donors (Lipinski definition) is 1. The molecule has 1 aromatic rings. The molecule has 20 heavy (non-hydrogen) atoms. The van der Waals surface area contributed by atoms with E-state index >= 15 is 0 Å². The number of hydrogen-bond acceptors (Lipinski definition) is 3. The maximum Gasteiger partial charge on any atom is 0.418 e. The zero-order valence-corrected chi connectivity index (χ0v) is 11.2. The number of aliphatic hydroxyl groups excluding tert-OH is 1. The fraction of sp³-hybridized carbons (Fsp3) is 0.643. The first-order valence-corrected chi connectivity index (χ1v) is 6.88. The largest absolute Gasteiger partial charge is 0.418 e. The van der Waals surface area contributed by atoms with Gasteiger partial charge in [-0.25, -0.2) is 0 Å². The SMILES string of the molecule is OCCCCN(Cc1ncccc1C(F)(F)F)C1CC1. The molecule has 0 bridgehead atoms. The van der Waals surface area contributed by atoms with Crippen LogP contribution in [0.5, 0.6) is 0 Å². The third kappa shape index (κ3) is 4.18. The topological polar surface area (TPSA) is 36.4 Å². The van der Waals surface area contributed by atoms with Gasteiger partial charge in [0.2, 0.25) is 0 Å². The van der Waals surface area contributed by atoms with Gasteiger partial charge in [-0.3, -0.25) is 9.88 Å². The molecule has 3 nitrogen and oxygen atoms in total. The molecule has 0 amide bonds. The number of rotatable bonds is 7. The first-order valence-electron chi connectivity index (χ1n) is 6.88. The second-order valence-electron chi connectivity index (χ2n) is 5.13. The number of pyridine rings is 1. The molecule has 0 saturated heterocycles. The van der Waals surface area contributed by atoms with Crippen molar-refractivity contribution in [2.24, 2.45) is 0 Å². The van der Waals surface area contributed by atoms with E-state index in [2.05, 4.69) is 4.98 Å². The molecular formula is C14H19F3N2O. The lowest BCUT2D eigenvalue weighted by Crippen LogP contribution is -2.28. The van der Waals surface area contributed by atoms with E-state index in [0.717, 1.165) is 25.3 Å². The highest BCUT2D eigenvalue weighted by Crippen LogP contribution is 2.33. The van der Waals surface area contributed by atoms with Crippen LogP contribution in [0.15, 0.2) is 18.3 Å². The highest BCUT2D eigenvalue weighted by atomic mass is 19.4. The molecule has 0 radical (unpaired) electrons. The minimum Gasteiger partial charge on any atom is -0.396 e. The van der Waals surface area contributed by atoms with Crippen molar-refractivity contribution in [1.82, 2.24) is 9.88 Å². The van der Waals surface area contributed by atoms with E-state index in [4.69, 9.17) is 5.11 Å². The summed E-state index contributed by atoms with van der Waals surface area (Å²) in [7, 11) is 0. The Kier molecular flexibility index (Phi) is 4.99. The highest BCUT2D eigenvalue weighted by molar-refractivity contribution is 5.23. The Hall–Kier alpha value is -1.14. The number of halogens is 3. The second-order valence-corrected chi connectivity index (χ2v) is 5.13. The first kappa shape index (κ1) is 15.3. The number of unbranched alkanes of at least 4 members (excludes halogenated alkanes) is 1. The van der Waals surface area contributed by atoms with Crippen LogP contribution in [0.2, 0.25) is 0 Å². The summed E-state index contributed by atoms with van der Waals surface area (Å²) in [6.45, 7) is 1.06. The van der Waals surface area contributed by atoms with Crippen molar-refractivity contribution >= 4 is 0 Å². The molecule has 112 valence electrons. The van der Waals surface area contributed by atoms with Gasteiger partial charge < -0.3 is 5.11 Å². The molecule has 1 saturated carbocycles. The van der Waals surface area contributed by atoms with Crippen LogP contribution in [0, 0.1) is 0 Å². The standard InChI is InChI=1S/C14H19F3N2O/c15-14(16,17)12-4-3-7-18-13(12)10-19(11-5-6-11)8-1-2-9-20/h3-4,7,11,20H,1-2,5-6,8-10H2. The van der Waals surface area contributed by atoms with Crippen LogP contribution in [0.25, 0.3) is 0 Å². The Bertz CT molecular complexity index is 433. The summed E-state index contributed by atoms with van der Waals surface area (Å²) in [6, 6.07) is 2.78. The Balaban J connectivity index is 2.06. The zero-order chi connectivity index (χ0) is 14.6. The van der Waals surface area contributed by atoms with E-state index in [9.17, 15) is 13.2 Å². The lowest BCUT2D eigenvalue weighted by Gasteiger charge is -2.23. The van der Waals surface area contributed by atoms with Gasteiger partial charge in [0.1, 0.15) is 0 Å². The molecule has 1 N–H and O–H groups in total. The van der Waals surface area contributed by atoms with Crippen molar-refractivity contribution in [3.8, 4) is 0 Å². The number of aliphatic hydroxyl groups is 1. The van der Waals surface area contributed by atoms with Crippen molar-refractivity contribution in [3.05, 3.63) is 29.6 Å². The van der Waals surface area contributed by atoms with Crippen molar-refractivity contribution in [3.63, 3.8) is 0 Å². The number of aromatic nitrogens is 1. The van der Waals surface area contributed by atoms with Crippen LogP contribution in [0.3, 0.4) is 0 Å². The van der Waals surface area contributed by atoms with Crippen LogP contribution >= 0.6 is 0 Å². The summed E-state index contributed by atoms with van der Waals surface area (Å²) < 4.78 is 38.8. The summed E-state index contributed by atoms with van der Waals surface area (Å²) in [6.07, 6.45) is 0.590. The molecule has 6 heteroatoms. The summed E-state index contributed by atoms with van der Waals surface area (Å²) in [5.41, 5.74) is -0.552. The van der Waals surface area contributed by atoms with Crippen molar-refractivity contribution in [2.75, 3.05) is 13.2 Å². The van der Waals surface area contributed by atoms with Crippen LogP contribution in [0.4, 0.5) is 13.2 Å². The van der Waals surface area contributed by atoms with Crippen LogP contribution in [-0.4, -0.2) is 34.2 Å². The fourth-order valence-corrected chi connectivity index (χ4v) is 2.27. The normalized spacial score (nSPS) is 15.8. The number of nitrogens with zero attached hydrogens (tertiary/aromatic N) is 2. The minimum absolute atomic E-state index is 0.0934. The van der Waals surface area contributed by atoms with Crippen LogP contribution in [-0.2, 0) is 12.7 Å². The van der Waals surface area contributed by atoms with E-state index in [1.54, 1.807) is 0 Å². The van der Waals surface area contributed by atoms with Gasteiger partial charge in [-0.2, -0.15) is 13.2 Å². The smallest absolute Gasteiger partial charge is 0.396 e. The Morgan fingerprint density at radius 1 is 1.30 bits per heavy atom. The van der Waals surface area contributed by atoms with Gasteiger partial charge in [0.05, 0.1) is 11.3 Å². The minimum atomic E-state index is -4.36. The van der Waals surface area contributed by atoms with E-state index < -0.39 is 11.7 Å². The molecule has 0 aliphatic heterocycles. The Morgan fingerprint density at radius 2 is 2.05 bits per heavy atom. The van der Waals surface area contributed by atoms with E-state index in [-0.39, 0.29) is 18.8 Å². The molecule has 1 aromatic heterocycles. The molecule has 0 unspecified atom stereocenters. The summed E-state index contributed by atoms with van der Waals surface area (Å²) in [4.78, 5) is 5.96. The Labute approximate surface area is 116 Å². The van der Waals surface area contributed by atoms with E-state index in [1.807, 2.05) is 4.90 Å². The molecular weight excluding hydrogens is 269 g/mol. The maximum atomic E-state index is 12.9. The van der Waals surface area contributed by atoms with Crippen LogP contribution < -0.4 is 0 Å². The molecule has 0 aromatic carbocycles. The third-order valence-electron chi connectivity index (χ3n) is 3.47. The molecule has 0 spiro atoms. The van der Waals surface area contributed by atoms with E-state index in [1.165, 1.54) is 12.3 Å². The molecule has 1 heterocycles. The third-order valence-corrected chi connectivity index (χ3v) is 3.47. The summed E-state index contributed by atoms with van der Waals surface area (Å²) in [5, 5.41) is 8.79. The molecule has 1 fully saturated rings. The summed E-state index contributed by atoms with van der Waals surface area (Å²) >= 11 is 0. The molecule has 2 rings (SSSR count). The van der Waals surface area contributed by atoms with E-state index in [0.29, 0.717) is 19.0 Å². The van der Waals surface area contributed by atoms with Crippen molar-refractivity contribution < 1.29 is 18.3 Å². The maximum absolute atomic E-state index is 12.9. The van der Waals surface area contributed by atoms with Gasteiger partial charge >= 0.3 is 6.18 Å². The van der Waals surface area contributed by atoms with Crippen molar-refractivity contribution in [2.45, 2.75) is 44.4 Å². The predicted molar refractivity (Wildman–Crippen MR) is 69.0 cm³/mol. The molecule has 1 aliphatic rings. The predicted octanol–water partition coefficient (Wildman–Crippen LogP) is 2.84. The average Bonchev–Trinajstić information content (AvgIpc) is 3.21. The quantitative estimate of drug-likeness (QED) is 0.784. The lowest BCUT2D eigenvalue weighted by atomic mass is 10.1. The van der Waals surface area contributed by atoms with Gasteiger partial charge in [-0.15, -0.1) is 0 Å². The molecule has 0 atom stereocenters. The molecule has 1 aliphatic carbocycles. The first-order chi connectivity index (χ1) is 9.52. The van der Waals surface area contributed by atoms with Gasteiger partial charge in [-0.05, 0) is 44.4 Å². The average molecular weight is 288 g/mol. The van der Waals surface area contributed by atoms with Gasteiger partial charge in [-0.1, -0.05) is 0 Å². The van der Waals surface area contributed by atoms with Gasteiger partial charge in [0, 0.05) is 25.4 Å². The fourth-order valence-electron chi connectivity index (χ4n) is 2.27.